The first-order valence-electron chi connectivity index (χ1n) is 6.96. The number of halogens is 3. The number of hydrogen-bond acceptors (Lipinski definition) is 3. The second-order valence-corrected chi connectivity index (χ2v) is 5.00. The van der Waals surface area contributed by atoms with Gasteiger partial charge in [0.2, 0.25) is 0 Å². The number of benzene rings is 2. The third-order valence-corrected chi connectivity index (χ3v) is 3.23. The maximum atomic E-state index is 12.9. The van der Waals surface area contributed by atoms with E-state index in [1.807, 2.05) is 0 Å². The van der Waals surface area contributed by atoms with Gasteiger partial charge in [-0.2, -0.15) is 8.78 Å². The Morgan fingerprint density at radius 1 is 1.00 bits per heavy atom. The van der Waals surface area contributed by atoms with Crippen molar-refractivity contribution in [3.05, 3.63) is 65.5 Å². The molecule has 2 rings (SSSR count). The van der Waals surface area contributed by atoms with Gasteiger partial charge in [0.05, 0.1) is 0 Å². The summed E-state index contributed by atoms with van der Waals surface area (Å²) in [6, 6.07) is 10.5. The number of carboxylic acid groups (broad SMARTS) is 1. The van der Waals surface area contributed by atoms with E-state index in [1.165, 1.54) is 48.5 Å². The minimum atomic E-state index is -4.31. The van der Waals surface area contributed by atoms with Crippen molar-refractivity contribution in [2.75, 3.05) is 0 Å². The fourth-order valence-electron chi connectivity index (χ4n) is 1.95. The summed E-state index contributed by atoms with van der Waals surface area (Å²) in [7, 11) is 0. The van der Waals surface area contributed by atoms with Crippen LogP contribution in [0.1, 0.15) is 22.3 Å². The topological polar surface area (TPSA) is 63.6 Å². The van der Waals surface area contributed by atoms with Gasteiger partial charge in [-0.25, -0.2) is 9.18 Å². The predicted octanol–water partition coefficient (Wildman–Crippen LogP) is 3.70. The van der Waals surface area contributed by atoms with Crippen molar-refractivity contribution in [2.24, 2.45) is 0 Å². The molecule has 0 saturated heterocycles. The van der Waals surface area contributed by atoms with Crippen LogP contribution in [-0.4, -0.2) is 23.0 Å². The number of Topliss-reactive ketones (excluding diaryl/α,β-unsaturated/α-hetero) is 1. The van der Waals surface area contributed by atoms with Crippen molar-refractivity contribution in [3.8, 4) is 5.75 Å². The second kappa shape index (κ2) is 7.16. The zero-order chi connectivity index (χ0) is 17.7. The summed E-state index contributed by atoms with van der Waals surface area (Å²) >= 11 is 0. The van der Waals surface area contributed by atoms with Crippen LogP contribution in [-0.2, 0) is 11.2 Å². The highest BCUT2D eigenvalue weighted by atomic mass is 19.3. The number of carbonyl (C=O) groups excluding carboxylic acids is 1. The Kier molecular flexibility index (Phi) is 5.23. The Morgan fingerprint density at radius 2 is 1.58 bits per heavy atom. The molecule has 7 heteroatoms. The maximum Gasteiger partial charge on any atom is 0.501 e. The van der Waals surface area contributed by atoms with E-state index in [9.17, 15) is 22.8 Å². The van der Waals surface area contributed by atoms with Crippen LogP contribution in [0.4, 0.5) is 13.2 Å². The summed E-state index contributed by atoms with van der Waals surface area (Å²) in [6.45, 7) is 0. The molecule has 0 atom stereocenters. The molecule has 0 spiro atoms. The van der Waals surface area contributed by atoms with E-state index in [1.54, 1.807) is 0 Å². The van der Waals surface area contributed by atoms with Crippen LogP contribution >= 0.6 is 0 Å². The average molecular weight is 338 g/mol. The molecule has 1 N–H and O–H groups in total. The lowest BCUT2D eigenvalue weighted by atomic mass is 10.0. The van der Waals surface area contributed by atoms with Crippen molar-refractivity contribution >= 4 is 11.8 Å². The van der Waals surface area contributed by atoms with Gasteiger partial charge in [0.1, 0.15) is 11.6 Å². The van der Waals surface area contributed by atoms with Gasteiger partial charge < -0.3 is 9.84 Å². The van der Waals surface area contributed by atoms with Crippen LogP contribution in [0, 0.1) is 5.82 Å². The van der Waals surface area contributed by atoms with Crippen molar-refractivity contribution in [2.45, 2.75) is 19.0 Å². The third kappa shape index (κ3) is 4.58. The lowest BCUT2D eigenvalue weighted by Crippen LogP contribution is -2.34. The molecule has 0 fully saturated rings. The van der Waals surface area contributed by atoms with E-state index >= 15 is 0 Å². The Balaban J connectivity index is 1.93. The lowest BCUT2D eigenvalue weighted by Gasteiger charge is -2.13. The van der Waals surface area contributed by atoms with E-state index in [0.29, 0.717) is 17.5 Å². The first-order chi connectivity index (χ1) is 11.3. The van der Waals surface area contributed by atoms with Gasteiger partial charge in [0.25, 0.3) is 0 Å². The number of rotatable bonds is 7. The van der Waals surface area contributed by atoms with E-state index in [2.05, 4.69) is 4.74 Å². The first-order valence-corrected chi connectivity index (χ1v) is 6.96. The standard InChI is InChI=1S/C17H13F3O4/c18-13-6-4-12(5-7-13)15(21)10-3-11-1-8-14(9-2-11)24-17(19,20)16(22)23/h1-2,4-9H,3,10H2,(H,22,23). The molecule has 4 nitrogen and oxygen atoms in total. The lowest BCUT2D eigenvalue weighted by molar-refractivity contribution is -0.210. The van der Waals surface area contributed by atoms with E-state index < -0.39 is 17.9 Å². The number of aliphatic carboxylic acids is 1. The van der Waals surface area contributed by atoms with Gasteiger partial charge in [0.15, 0.2) is 5.78 Å². The van der Waals surface area contributed by atoms with E-state index in [-0.39, 0.29) is 18.0 Å². The summed E-state index contributed by atoms with van der Waals surface area (Å²) < 4.78 is 42.7. The highest BCUT2D eigenvalue weighted by Gasteiger charge is 2.42. The van der Waals surface area contributed by atoms with Gasteiger partial charge in [-0.05, 0) is 48.4 Å². The Labute approximate surface area is 135 Å². The monoisotopic (exact) mass is 338 g/mol. The summed E-state index contributed by atoms with van der Waals surface area (Å²) in [5.41, 5.74) is 1.08. The van der Waals surface area contributed by atoms with Gasteiger partial charge >= 0.3 is 12.1 Å². The molecular formula is C17H13F3O4. The Morgan fingerprint density at radius 3 is 2.12 bits per heavy atom. The molecule has 0 aliphatic carbocycles. The molecule has 0 amide bonds. The molecular weight excluding hydrogens is 325 g/mol. The second-order valence-electron chi connectivity index (χ2n) is 5.00. The largest absolute Gasteiger partial charge is 0.501 e. The van der Waals surface area contributed by atoms with Crippen LogP contribution in [0.2, 0.25) is 0 Å². The predicted molar refractivity (Wildman–Crippen MR) is 78.7 cm³/mol. The van der Waals surface area contributed by atoms with Crippen molar-refractivity contribution < 1.29 is 32.6 Å². The zero-order valence-electron chi connectivity index (χ0n) is 12.3. The molecule has 0 aliphatic rings. The fourth-order valence-corrected chi connectivity index (χ4v) is 1.95. The minimum absolute atomic E-state index is 0.164. The highest BCUT2D eigenvalue weighted by Crippen LogP contribution is 2.22. The summed E-state index contributed by atoms with van der Waals surface area (Å²) in [5, 5.41) is 8.29. The van der Waals surface area contributed by atoms with E-state index in [0.717, 1.165) is 0 Å². The molecule has 0 saturated carbocycles. The van der Waals surface area contributed by atoms with Crippen LogP contribution in [0.15, 0.2) is 48.5 Å². The molecule has 0 aromatic heterocycles. The van der Waals surface area contributed by atoms with Crippen molar-refractivity contribution in [1.82, 2.24) is 0 Å². The number of aryl methyl sites for hydroxylation is 1. The molecule has 24 heavy (non-hydrogen) atoms. The summed E-state index contributed by atoms with van der Waals surface area (Å²) in [4.78, 5) is 22.2. The molecule has 0 radical (unpaired) electrons. The smallest absolute Gasteiger partial charge is 0.474 e. The minimum Gasteiger partial charge on any atom is -0.474 e. The van der Waals surface area contributed by atoms with Crippen LogP contribution < -0.4 is 4.74 Å². The molecule has 2 aromatic carbocycles. The van der Waals surface area contributed by atoms with Crippen molar-refractivity contribution in [1.29, 1.82) is 0 Å². The number of hydrogen-bond donors (Lipinski definition) is 1. The van der Waals surface area contributed by atoms with Gasteiger partial charge in [-0.1, -0.05) is 12.1 Å². The fraction of sp³-hybridized carbons (Fsp3) is 0.176. The van der Waals surface area contributed by atoms with Crippen LogP contribution in [0.25, 0.3) is 0 Å². The van der Waals surface area contributed by atoms with Crippen molar-refractivity contribution in [3.63, 3.8) is 0 Å². The molecule has 0 unspecified atom stereocenters. The molecule has 0 bridgehead atoms. The van der Waals surface area contributed by atoms with Gasteiger partial charge in [0, 0.05) is 12.0 Å². The normalized spacial score (nSPS) is 11.1. The molecule has 2 aromatic rings. The molecule has 0 aliphatic heterocycles. The maximum absolute atomic E-state index is 12.9. The Hall–Kier alpha value is -2.83. The zero-order valence-corrected chi connectivity index (χ0v) is 12.3. The van der Waals surface area contributed by atoms with Gasteiger partial charge in [-0.3, -0.25) is 4.79 Å². The quantitative estimate of drug-likeness (QED) is 0.782. The van der Waals surface area contributed by atoms with Gasteiger partial charge in [-0.15, -0.1) is 0 Å². The van der Waals surface area contributed by atoms with Crippen LogP contribution in [0.5, 0.6) is 5.75 Å². The average Bonchev–Trinajstić information content (AvgIpc) is 2.54. The molecule has 126 valence electrons. The number of alkyl halides is 2. The SMILES string of the molecule is O=C(CCc1ccc(OC(F)(F)C(=O)O)cc1)c1ccc(F)cc1. The summed E-state index contributed by atoms with van der Waals surface area (Å²) in [5.74, 6) is -3.28. The van der Waals surface area contributed by atoms with Crippen LogP contribution in [0.3, 0.4) is 0 Å². The Bertz CT molecular complexity index is 725. The number of carbonyl (C=O) groups is 2. The third-order valence-electron chi connectivity index (χ3n) is 3.23. The number of carboxylic acids is 1. The first kappa shape index (κ1) is 17.5. The number of ether oxygens (including phenoxy) is 1. The number of ketones is 1. The highest BCUT2D eigenvalue weighted by molar-refractivity contribution is 5.96. The molecule has 0 heterocycles. The van der Waals surface area contributed by atoms with E-state index in [4.69, 9.17) is 5.11 Å². The summed E-state index contributed by atoms with van der Waals surface area (Å²) in [6.07, 6.45) is -3.79.